The molecule has 0 amide bonds. The molecule has 0 radical (unpaired) electrons. The van der Waals surface area contributed by atoms with Crippen LogP contribution in [0.4, 0.5) is 0 Å². The number of rotatable bonds is 6. The predicted octanol–water partition coefficient (Wildman–Crippen LogP) is 2.75. The molecule has 0 spiro atoms. The summed E-state index contributed by atoms with van der Waals surface area (Å²) in [5, 5.41) is 1.59. The number of hydrogen-bond acceptors (Lipinski definition) is 2. The monoisotopic (exact) mass is 288 g/mol. The predicted molar refractivity (Wildman–Crippen MR) is 83.7 cm³/mol. The maximum absolute atomic E-state index is 5.06. The van der Waals surface area contributed by atoms with Crippen LogP contribution in [0.15, 0.2) is 0 Å². The van der Waals surface area contributed by atoms with Crippen LogP contribution in [-0.4, -0.2) is 18.2 Å². The van der Waals surface area contributed by atoms with Crippen molar-refractivity contribution in [1.29, 1.82) is 0 Å². The standard InChI is InChI=1S/C6H14NO.C5H12.C2H6.CH4.CH3.K/c1-4-6-8-7(3)5-2;1-3-5-4-2;1-2;;;/h3-6H2,1-2H3;3-5H2,1-2H3;1-2H3;1H4;1H3;/q-1;;;;-1;+1. The van der Waals surface area contributed by atoms with Gasteiger partial charge in [0.25, 0.3) is 0 Å². The maximum atomic E-state index is 5.06. The molecule has 0 aromatic heterocycles. The molecule has 0 aromatic rings. The van der Waals surface area contributed by atoms with Gasteiger partial charge < -0.3 is 17.3 Å². The van der Waals surface area contributed by atoms with Gasteiger partial charge in [0.05, 0.1) is 6.61 Å². The summed E-state index contributed by atoms with van der Waals surface area (Å²) in [6, 6.07) is 0. The Kier molecular flexibility index (Phi) is 87.2. The van der Waals surface area contributed by atoms with E-state index < -0.39 is 0 Å². The molecule has 0 bridgehead atoms. The summed E-state index contributed by atoms with van der Waals surface area (Å²) in [6.07, 6.45) is 5.12. The van der Waals surface area contributed by atoms with E-state index in [1.807, 2.05) is 20.8 Å². The van der Waals surface area contributed by atoms with Gasteiger partial charge in [0.15, 0.2) is 0 Å². The van der Waals surface area contributed by atoms with Gasteiger partial charge in [-0.05, 0) is 13.0 Å². The summed E-state index contributed by atoms with van der Waals surface area (Å²) in [5.74, 6) is 0. The molecule has 0 heterocycles. The Hall–Kier alpha value is 1.56. The Morgan fingerprint density at radius 3 is 1.50 bits per heavy atom. The Bertz CT molecular complexity index is 80.9. The molecule has 112 valence electrons. The van der Waals surface area contributed by atoms with E-state index >= 15 is 0 Å². The Balaban J connectivity index is -0.0000000321. The van der Waals surface area contributed by atoms with Gasteiger partial charge in [-0.3, -0.25) is 7.05 Å². The number of nitrogens with zero attached hydrogens (tertiary/aromatic N) is 1. The van der Waals surface area contributed by atoms with Gasteiger partial charge in [-0.15, -0.1) is 0 Å². The van der Waals surface area contributed by atoms with Gasteiger partial charge in [-0.1, -0.05) is 68.2 Å². The van der Waals surface area contributed by atoms with Crippen molar-refractivity contribution in [2.45, 2.75) is 74.7 Å². The minimum atomic E-state index is 0. The van der Waals surface area contributed by atoms with E-state index in [2.05, 4.69) is 27.8 Å². The van der Waals surface area contributed by atoms with Crippen molar-refractivity contribution < 1.29 is 56.2 Å². The molecule has 0 N–H and O–H groups in total. The normalized spacial score (nSPS) is 7.33. The molecular formula is C15H39KNO-. The van der Waals surface area contributed by atoms with E-state index in [0.717, 1.165) is 19.6 Å². The summed E-state index contributed by atoms with van der Waals surface area (Å²) < 4.78 is 0. The molecule has 0 aliphatic rings. The first kappa shape index (κ1) is 36.6. The maximum Gasteiger partial charge on any atom is 1.00 e. The third-order valence-corrected chi connectivity index (χ3v) is 1.54. The molecule has 0 saturated carbocycles. The van der Waals surface area contributed by atoms with Gasteiger partial charge in [0.1, 0.15) is 0 Å². The van der Waals surface area contributed by atoms with Crippen LogP contribution < -0.4 is 51.4 Å². The van der Waals surface area contributed by atoms with Gasteiger partial charge >= 0.3 is 51.4 Å². The van der Waals surface area contributed by atoms with Crippen LogP contribution in [0.5, 0.6) is 0 Å². The molecule has 3 heteroatoms. The zero-order valence-electron chi connectivity index (χ0n) is 13.8. The fourth-order valence-electron chi connectivity index (χ4n) is 0.665. The van der Waals surface area contributed by atoms with Crippen molar-refractivity contribution in [1.82, 2.24) is 5.06 Å². The first-order chi connectivity index (χ1) is 7.22. The third-order valence-electron chi connectivity index (χ3n) is 1.54. The van der Waals surface area contributed by atoms with E-state index in [9.17, 15) is 0 Å². The molecular weight excluding hydrogens is 249 g/mol. The topological polar surface area (TPSA) is 12.5 Å². The fourth-order valence-corrected chi connectivity index (χ4v) is 0.665. The van der Waals surface area contributed by atoms with Crippen molar-refractivity contribution in [3.63, 3.8) is 0 Å². The summed E-state index contributed by atoms with van der Waals surface area (Å²) in [4.78, 5) is 5.06. The number of hydrogen-bond donors (Lipinski definition) is 0. The molecule has 0 saturated heterocycles. The largest absolute Gasteiger partial charge is 1.00 e. The molecule has 18 heavy (non-hydrogen) atoms. The number of unbranched alkanes of at least 4 members (excludes halogenated alkanes) is 2. The van der Waals surface area contributed by atoms with Crippen LogP contribution >= 0.6 is 0 Å². The van der Waals surface area contributed by atoms with Crippen LogP contribution in [0.2, 0.25) is 0 Å². The molecule has 0 atom stereocenters. The van der Waals surface area contributed by atoms with E-state index in [1.165, 1.54) is 19.3 Å². The summed E-state index contributed by atoms with van der Waals surface area (Å²) >= 11 is 0. The molecule has 0 aromatic carbocycles. The molecule has 0 rings (SSSR count). The van der Waals surface area contributed by atoms with Crippen LogP contribution in [0.25, 0.3) is 0 Å². The van der Waals surface area contributed by atoms with E-state index in [1.54, 1.807) is 5.06 Å². The Morgan fingerprint density at radius 1 is 0.944 bits per heavy atom. The second-order valence-electron chi connectivity index (χ2n) is 2.98. The first-order valence-corrected chi connectivity index (χ1v) is 6.43. The summed E-state index contributed by atoms with van der Waals surface area (Å²) in [7, 11) is 3.61. The number of hydroxylamine groups is 2. The van der Waals surface area contributed by atoms with Gasteiger partial charge in [-0.2, -0.15) is 0 Å². The quantitative estimate of drug-likeness (QED) is 0.423. The molecule has 0 aliphatic heterocycles. The zero-order chi connectivity index (χ0) is 12.5. The fraction of sp³-hybridized carbons (Fsp3) is 0.867. The van der Waals surface area contributed by atoms with Crippen LogP contribution in [0.3, 0.4) is 0 Å². The average Bonchev–Trinajstić information content (AvgIpc) is 2.30. The van der Waals surface area contributed by atoms with Crippen molar-refractivity contribution >= 4 is 0 Å². The smallest absolute Gasteiger partial charge is 0.358 e. The van der Waals surface area contributed by atoms with Crippen LogP contribution in [0, 0.1) is 14.5 Å². The average molecular weight is 289 g/mol. The van der Waals surface area contributed by atoms with Crippen molar-refractivity contribution in [3.05, 3.63) is 14.5 Å². The second kappa shape index (κ2) is 42.8. The third kappa shape index (κ3) is 52.7. The molecule has 2 nitrogen and oxygen atoms in total. The van der Waals surface area contributed by atoms with Gasteiger partial charge in [-0.25, -0.2) is 0 Å². The van der Waals surface area contributed by atoms with E-state index in [-0.39, 0.29) is 66.2 Å². The SMILES string of the molecule is C.CC.CCCCC.[CH2-]N(CC)OCCC.[CH3-].[K+]. The minimum Gasteiger partial charge on any atom is -0.358 e. The summed E-state index contributed by atoms with van der Waals surface area (Å²) in [5.41, 5.74) is 0. The molecule has 0 unspecified atom stereocenters. The van der Waals surface area contributed by atoms with Gasteiger partial charge in [0.2, 0.25) is 0 Å². The minimum absolute atomic E-state index is 0. The van der Waals surface area contributed by atoms with Gasteiger partial charge in [0, 0.05) is 0 Å². The van der Waals surface area contributed by atoms with E-state index in [0.29, 0.717) is 0 Å². The zero-order valence-corrected chi connectivity index (χ0v) is 16.9. The Labute approximate surface area is 162 Å². The van der Waals surface area contributed by atoms with Crippen LogP contribution in [0.1, 0.15) is 74.7 Å². The van der Waals surface area contributed by atoms with Crippen LogP contribution in [-0.2, 0) is 4.84 Å². The molecule has 0 aliphatic carbocycles. The van der Waals surface area contributed by atoms with Crippen molar-refractivity contribution in [2.24, 2.45) is 0 Å². The second-order valence-corrected chi connectivity index (χ2v) is 2.98. The Morgan fingerprint density at radius 2 is 1.33 bits per heavy atom. The summed E-state index contributed by atoms with van der Waals surface area (Å²) in [6.45, 7) is 14.1. The van der Waals surface area contributed by atoms with Crippen molar-refractivity contribution in [3.8, 4) is 0 Å². The first-order valence-electron chi connectivity index (χ1n) is 6.43. The molecule has 0 fully saturated rings. The van der Waals surface area contributed by atoms with Crippen molar-refractivity contribution in [2.75, 3.05) is 13.2 Å². The van der Waals surface area contributed by atoms with E-state index in [4.69, 9.17) is 4.84 Å².